The van der Waals surface area contributed by atoms with E-state index < -0.39 is 0 Å². The zero-order valence-electron chi connectivity index (χ0n) is 8.39. The van der Waals surface area contributed by atoms with E-state index in [4.69, 9.17) is 4.74 Å². The maximum absolute atomic E-state index is 5.55. The van der Waals surface area contributed by atoms with E-state index in [2.05, 4.69) is 22.1 Å². The van der Waals surface area contributed by atoms with Gasteiger partial charge in [0.05, 0.1) is 0 Å². The number of hydrogen-bond donors (Lipinski definition) is 0. The molecule has 4 heteroatoms. The van der Waals surface area contributed by atoms with E-state index in [1.165, 1.54) is 19.4 Å². The van der Waals surface area contributed by atoms with Crippen LogP contribution in [-0.4, -0.2) is 41.3 Å². The molecule has 0 amide bonds. The fourth-order valence-corrected chi connectivity index (χ4v) is 1.74. The number of aromatic nitrogens is 2. The van der Waals surface area contributed by atoms with Crippen LogP contribution in [0.25, 0.3) is 0 Å². The van der Waals surface area contributed by atoms with Crippen LogP contribution in [0.1, 0.15) is 12.8 Å². The average molecular weight is 193 g/mol. The number of hydrogen-bond acceptors (Lipinski definition) is 4. The zero-order valence-corrected chi connectivity index (χ0v) is 8.39. The summed E-state index contributed by atoms with van der Waals surface area (Å²) in [6.07, 6.45) is 4.14. The normalized spacial score (nSPS) is 22.5. The van der Waals surface area contributed by atoms with Crippen LogP contribution in [0.3, 0.4) is 0 Å². The lowest BCUT2D eigenvalue weighted by molar-refractivity contribution is 0.192. The zero-order chi connectivity index (χ0) is 9.80. The summed E-state index contributed by atoms with van der Waals surface area (Å²) in [6, 6.07) is 4.21. The van der Waals surface area contributed by atoms with E-state index >= 15 is 0 Å². The first kappa shape index (κ1) is 9.40. The molecular formula is C10H15N3O. The molecule has 76 valence electrons. The first-order valence-electron chi connectivity index (χ1n) is 4.97. The SMILES string of the molecule is CN1CCC[C@H]1COc1cccnn1. The van der Waals surface area contributed by atoms with Crippen molar-refractivity contribution in [1.82, 2.24) is 15.1 Å². The quantitative estimate of drug-likeness (QED) is 0.716. The highest BCUT2D eigenvalue weighted by Crippen LogP contribution is 2.15. The molecule has 0 bridgehead atoms. The van der Waals surface area contributed by atoms with Crippen molar-refractivity contribution in [1.29, 1.82) is 0 Å². The van der Waals surface area contributed by atoms with Gasteiger partial charge in [-0.2, -0.15) is 5.10 Å². The fraction of sp³-hybridized carbons (Fsp3) is 0.600. The summed E-state index contributed by atoms with van der Waals surface area (Å²) in [4.78, 5) is 2.33. The van der Waals surface area contributed by atoms with Gasteiger partial charge in [-0.05, 0) is 32.5 Å². The highest BCUT2D eigenvalue weighted by Gasteiger charge is 2.21. The molecule has 1 aliphatic rings. The third-order valence-corrected chi connectivity index (χ3v) is 2.64. The van der Waals surface area contributed by atoms with Crippen molar-refractivity contribution in [2.75, 3.05) is 20.2 Å². The molecule has 0 spiro atoms. The van der Waals surface area contributed by atoms with Crippen LogP contribution in [0, 0.1) is 0 Å². The summed E-state index contributed by atoms with van der Waals surface area (Å²) in [6.45, 7) is 1.89. The molecule has 0 unspecified atom stereocenters. The molecule has 0 radical (unpaired) electrons. The highest BCUT2D eigenvalue weighted by molar-refractivity contribution is 5.05. The Kier molecular flexibility index (Phi) is 2.93. The van der Waals surface area contributed by atoms with Crippen molar-refractivity contribution >= 4 is 0 Å². The maximum atomic E-state index is 5.55. The Morgan fingerprint density at radius 3 is 3.21 bits per heavy atom. The van der Waals surface area contributed by atoms with Gasteiger partial charge < -0.3 is 9.64 Å². The molecule has 2 heterocycles. The van der Waals surface area contributed by atoms with Gasteiger partial charge in [-0.3, -0.25) is 0 Å². The predicted molar refractivity (Wildman–Crippen MR) is 53.2 cm³/mol. The van der Waals surface area contributed by atoms with Crippen molar-refractivity contribution in [3.63, 3.8) is 0 Å². The van der Waals surface area contributed by atoms with E-state index in [-0.39, 0.29) is 0 Å². The van der Waals surface area contributed by atoms with Gasteiger partial charge >= 0.3 is 0 Å². The van der Waals surface area contributed by atoms with E-state index in [0.717, 1.165) is 6.61 Å². The Morgan fingerprint density at radius 2 is 2.57 bits per heavy atom. The molecular weight excluding hydrogens is 178 g/mol. The number of likely N-dealkylation sites (N-methyl/N-ethyl adjacent to an activating group) is 1. The fourth-order valence-electron chi connectivity index (χ4n) is 1.74. The lowest BCUT2D eigenvalue weighted by Gasteiger charge is -2.18. The largest absolute Gasteiger partial charge is 0.475 e. The van der Waals surface area contributed by atoms with Crippen molar-refractivity contribution in [3.05, 3.63) is 18.3 Å². The number of likely N-dealkylation sites (tertiary alicyclic amines) is 1. The van der Waals surface area contributed by atoms with Crippen LogP contribution in [0.15, 0.2) is 18.3 Å². The molecule has 1 atom stereocenters. The number of nitrogens with zero attached hydrogens (tertiary/aromatic N) is 3. The molecule has 1 aliphatic heterocycles. The predicted octanol–water partition coefficient (Wildman–Crippen LogP) is 0.950. The van der Waals surface area contributed by atoms with Gasteiger partial charge in [0.25, 0.3) is 0 Å². The molecule has 1 saturated heterocycles. The van der Waals surface area contributed by atoms with Crippen molar-refractivity contribution in [3.8, 4) is 5.88 Å². The second kappa shape index (κ2) is 4.37. The van der Waals surface area contributed by atoms with Crippen LogP contribution in [0.5, 0.6) is 5.88 Å². The first-order valence-corrected chi connectivity index (χ1v) is 4.97. The Balaban J connectivity index is 1.82. The van der Waals surface area contributed by atoms with Gasteiger partial charge in [0, 0.05) is 18.3 Å². The number of rotatable bonds is 3. The second-order valence-corrected chi connectivity index (χ2v) is 3.65. The first-order chi connectivity index (χ1) is 6.86. The summed E-state index contributed by atoms with van der Waals surface area (Å²) in [5.74, 6) is 0.618. The molecule has 1 aromatic rings. The highest BCUT2D eigenvalue weighted by atomic mass is 16.5. The molecule has 14 heavy (non-hydrogen) atoms. The van der Waals surface area contributed by atoms with Crippen LogP contribution in [0.4, 0.5) is 0 Å². The summed E-state index contributed by atoms with van der Waals surface area (Å²) in [5, 5.41) is 7.63. The van der Waals surface area contributed by atoms with Crippen LogP contribution >= 0.6 is 0 Å². The minimum atomic E-state index is 0.539. The molecule has 0 saturated carbocycles. The van der Waals surface area contributed by atoms with Gasteiger partial charge in [0.2, 0.25) is 5.88 Å². The topological polar surface area (TPSA) is 38.2 Å². The second-order valence-electron chi connectivity index (χ2n) is 3.65. The molecule has 2 rings (SSSR count). The van der Waals surface area contributed by atoms with Gasteiger partial charge in [0.1, 0.15) is 6.61 Å². The monoisotopic (exact) mass is 193 g/mol. The average Bonchev–Trinajstić information content (AvgIpc) is 2.63. The Labute approximate surface area is 83.9 Å². The Morgan fingerprint density at radius 1 is 1.64 bits per heavy atom. The summed E-state index contributed by atoms with van der Waals surface area (Å²) >= 11 is 0. The van der Waals surface area contributed by atoms with Gasteiger partial charge in [-0.1, -0.05) is 0 Å². The minimum Gasteiger partial charge on any atom is -0.475 e. The van der Waals surface area contributed by atoms with E-state index in [0.29, 0.717) is 11.9 Å². The molecule has 4 nitrogen and oxygen atoms in total. The molecule has 0 aliphatic carbocycles. The summed E-state index contributed by atoms with van der Waals surface area (Å²) in [7, 11) is 2.14. The minimum absolute atomic E-state index is 0.539. The van der Waals surface area contributed by atoms with Crippen molar-refractivity contribution in [2.24, 2.45) is 0 Å². The third kappa shape index (κ3) is 2.20. The smallest absolute Gasteiger partial charge is 0.233 e. The Bertz CT molecular complexity index is 278. The Hall–Kier alpha value is -1.16. The van der Waals surface area contributed by atoms with E-state index in [1.807, 2.05) is 12.1 Å². The molecule has 0 aromatic carbocycles. The van der Waals surface area contributed by atoms with E-state index in [9.17, 15) is 0 Å². The summed E-state index contributed by atoms with van der Waals surface area (Å²) in [5.41, 5.74) is 0. The van der Waals surface area contributed by atoms with Gasteiger partial charge in [0.15, 0.2) is 0 Å². The van der Waals surface area contributed by atoms with Crippen LogP contribution in [0.2, 0.25) is 0 Å². The van der Waals surface area contributed by atoms with E-state index in [1.54, 1.807) is 6.20 Å². The van der Waals surface area contributed by atoms with Crippen LogP contribution < -0.4 is 4.74 Å². The lowest BCUT2D eigenvalue weighted by atomic mass is 10.2. The molecule has 1 fully saturated rings. The maximum Gasteiger partial charge on any atom is 0.233 e. The van der Waals surface area contributed by atoms with Crippen LogP contribution in [-0.2, 0) is 0 Å². The lowest BCUT2D eigenvalue weighted by Crippen LogP contribution is -2.30. The van der Waals surface area contributed by atoms with Gasteiger partial charge in [-0.15, -0.1) is 5.10 Å². The molecule has 1 aromatic heterocycles. The summed E-state index contributed by atoms with van der Waals surface area (Å²) < 4.78 is 5.55. The van der Waals surface area contributed by atoms with Crippen molar-refractivity contribution < 1.29 is 4.74 Å². The number of ether oxygens (including phenoxy) is 1. The van der Waals surface area contributed by atoms with Crippen molar-refractivity contribution in [2.45, 2.75) is 18.9 Å². The van der Waals surface area contributed by atoms with Gasteiger partial charge in [-0.25, -0.2) is 0 Å². The molecule has 0 N–H and O–H groups in total. The standard InChI is InChI=1S/C10H15N3O/c1-13-7-3-4-9(13)8-14-10-5-2-6-11-12-10/h2,5-6,9H,3-4,7-8H2,1H3/t9-/m0/s1. The third-order valence-electron chi connectivity index (χ3n) is 2.64.